The van der Waals surface area contributed by atoms with Crippen molar-refractivity contribution in [1.82, 2.24) is 14.1 Å². The van der Waals surface area contributed by atoms with Crippen molar-refractivity contribution in [2.75, 3.05) is 11.9 Å². The maximum atomic E-state index is 13.1. The largest absolute Gasteiger partial charge is 0.478 e. The number of hydrogen-bond donors (Lipinski definition) is 2. The number of amides is 1. The van der Waals surface area contributed by atoms with Crippen LogP contribution in [0.25, 0.3) is 0 Å². The number of benzene rings is 1. The number of carboxylic acids is 1. The van der Waals surface area contributed by atoms with Gasteiger partial charge in [-0.3, -0.25) is 9.48 Å². The first-order valence-corrected chi connectivity index (χ1v) is 11.3. The molecule has 0 spiro atoms. The van der Waals surface area contributed by atoms with E-state index in [1.54, 1.807) is 0 Å². The number of aromatic nitrogens is 2. The second-order valence-corrected chi connectivity index (χ2v) is 9.28. The molecule has 0 radical (unpaired) electrons. The van der Waals surface area contributed by atoms with E-state index in [0.717, 1.165) is 17.2 Å². The molecule has 1 aliphatic rings. The first kappa shape index (κ1) is 24.5. The molecule has 2 N–H and O–H groups in total. The predicted molar refractivity (Wildman–Crippen MR) is 111 cm³/mol. The Labute approximate surface area is 187 Å². The Morgan fingerprint density at radius 2 is 1.88 bits per heavy atom. The molecule has 2 aromatic rings. The number of carboxylic acid groups (broad SMARTS) is 1. The highest BCUT2D eigenvalue weighted by atomic mass is 32.2. The average Bonchev–Trinajstić information content (AvgIpc) is 3.15. The molecule has 1 atom stereocenters. The average molecular weight is 486 g/mol. The highest BCUT2D eigenvalue weighted by Crippen LogP contribution is 2.29. The van der Waals surface area contributed by atoms with Gasteiger partial charge in [-0.2, -0.15) is 22.6 Å². The van der Waals surface area contributed by atoms with Crippen LogP contribution in [0.2, 0.25) is 0 Å². The molecule has 1 amide bonds. The van der Waals surface area contributed by atoms with E-state index < -0.39 is 39.8 Å². The molecule has 13 heteroatoms. The van der Waals surface area contributed by atoms with Crippen LogP contribution in [0.3, 0.4) is 0 Å². The van der Waals surface area contributed by atoms with Gasteiger partial charge >= 0.3 is 12.1 Å². The molecule has 2 heterocycles. The summed E-state index contributed by atoms with van der Waals surface area (Å²) in [5, 5.41) is 14.5. The van der Waals surface area contributed by atoms with Crippen LogP contribution in [0.15, 0.2) is 47.4 Å². The van der Waals surface area contributed by atoms with Crippen LogP contribution in [0.5, 0.6) is 0 Å². The number of aliphatic carboxylic acids is 1. The summed E-state index contributed by atoms with van der Waals surface area (Å²) >= 11 is 0. The van der Waals surface area contributed by atoms with Crippen LogP contribution >= 0.6 is 0 Å². The first-order valence-electron chi connectivity index (χ1n) is 9.85. The van der Waals surface area contributed by atoms with Crippen LogP contribution in [0.1, 0.15) is 35.4 Å². The van der Waals surface area contributed by atoms with Crippen molar-refractivity contribution in [2.24, 2.45) is 7.05 Å². The molecule has 0 bridgehead atoms. The van der Waals surface area contributed by atoms with Gasteiger partial charge in [0.15, 0.2) is 5.69 Å². The lowest BCUT2D eigenvalue weighted by molar-refractivity contribution is -0.141. The first-order chi connectivity index (χ1) is 15.4. The summed E-state index contributed by atoms with van der Waals surface area (Å²) < 4.78 is 66.6. The Kier molecular flexibility index (Phi) is 6.93. The third kappa shape index (κ3) is 5.60. The Morgan fingerprint density at radius 3 is 2.45 bits per heavy atom. The van der Waals surface area contributed by atoms with Crippen molar-refractivity contribution in [3.8, 4) is 0 Å². The van der Waals surface area contributed by atoms with Gasteiger partial charge in [0.2, 0.25) is 10.0 Å². The molecule has 178 valence electrons. The number of carbonyl (C=O) groups excluding carboxylic acids is 1. The van der Waals surface area contributed by atoms with E-state index in [4.69, 9.17) is 5.11 Å². The molecule has 1 aromatic carbocycles. The number of aryl methyl sites for hydroxylation is 1. The van der Waals surface area contributed by atoms with Gasteiger partial charge in [0, 0.05) is 37.5 Å². The minimum absolute atomic E-state index is 0.0592. The number of halogens is 3. The van der Waals surface area contributed by atoms with Gasteiger partial charge in [-0.15, -0.1) is 0 Å². The van der Waals surface area contributed by atoms with Crippen LogP contribution in [0.4, 0.5) is 18.9 Å². The number of nitrogens with one attached hydrogen (secondary N) is 1. The molecule has 1 saturated heterocycles. The second-order valence-electron chi connectivity index (χ2n) is 7.39. The molecule has 0 saturated carbocycles. The number of sulfonamides is 1. The number of nitrogens with zero attached hydrogens (tertiary/aromatic N) is 3. The summed E-state index contributed by atoms with van der Waals surface area (Å²) in [6, 6.07) is 5.20. The summed E-state index contributed by atoms with van der Waals surface area (Å²) in [6.45, 7) is 0.234. The smallest absolute Gasteiger partial charge is 0.435 e. The SMILES string of the molecule is Cn1nc(C(F)(F)F)cc1C(=O)Nc1ccc(S(=O)(=O)N2CCCCC2/C=C/C(=O)O)cc1. The van der Waals surface area contributed by atoms with Gasteiger partial charge in [0.05, 0.1) is 4.90 Å². The zero-order valence-electron chi connectivity index (χ0n) is 17.4. The Hall–Kier alpha value is -3.19. The molecule has 1 aliphatic heterocycles. The van der Waals surface area contributed by atoms with E-state index in [1.165, 1.54) is 41.7 Å². The van der Waals surface area contributed by atoms with Gasteiger partial charge in [-0.25, -0.2) is 13.2 Å². The lowest BCUT2D eigenvalue weighted by Crippen LogP contribution is -2.42. The Balaban J connectivity index is 1.77. The standard InChI is InChI=1S/C20H21F3N4O5S/c1-26-16(12-17(25-26)20(21,22)23)19(30)24-13-5-8-15(9-6-13)33(31,32)27-11-3-2-4-14(27)7-10-18(28)29/h5-10,12,14H,2-4,11H2,1H3,(H,24,30)(H,28,29)/b10-7+. The number of piperidine rings is 1. The number of hydrogen-bond acceptors (Lipinski definition) is 5. The summed E-state index contributed by atoms with van der Waals surface area (Å²) in [5.41, 5.74) is -1.35. The van der Waals surface area contributed by atoms with Crippen LogP contribution in [-0.2, 0) is 28.0 Å². The van der Waals surface area contributed by atoms with Crippen molar-refractivity contribution in [1.29, 1.82) is 0 Å². The summed E-state index contributed by atoms with van der Waals surface area (Å²) in [4.78, 5) is 23.1. The topological polar surface area (TPSA) is 122 Å². The lowest BCUT2D eigenvalue weighted by Gasteiger charge is -2.32. The number of alkyl halides is 3. The minimum atomic E-state index is -4.70. The van der Waals surface area contributed by atoms with Crippen molar-refractivity contribution >= 4 is 27.6 Å². The zero-order chi connectivity index (χ0) is 24.4. The summed E-state index contributed by atoms with van der Waals surface area (Å²) in [6.07, 6.45) is -0.554. The fourth-order valence-electron chi connectivity index (χ4n) is 3.47. The fourth-order valence-corrected chi connectivity index (χ4v) is 5.13. The molecule has 33 heavy (non-hydrogen) atoms. The van der Waals surface area contributed by atoms with Gasteiger partial charge in [0.1, 0.15) is 5.69 Å². The molecule has 1 unspecified atom stereocenters. The van der Waals surface area contributed by atoms with Crippen LogP contribution in [0, 0.1) is 0 Å². The van der Waals surface area contributed by atoms with E-state index in [2.05, 4.69) is 10.4 Å². The highest BCUT2D eigenvalue weighted by molar-refractivity contribution is 7.89. The monoisotopic (exact) mass is 486 g/mol. The predicted octanol–water partition coefficient (Wildman–Crippen LogP) is 2.88. The number of carbonyl (C=O) groups is 2. The van der Waals surface area contributed by atoms with Crippen molar-refractivity contribution < 1.29 is 36.3 Å². The minimum Gasteiger partial charge on any atom is -0.478 e. The van der Waals surface area contributed by atoms with E-state index in [0.29, 0.717) is 18.9 Å². The lowest BCUT2D eigenvalue weighted by atomic mass is 10.0. The Morgan fingerprint density at radius 1 is 1.21 bits per heavy atom. The Bertz CT molecular complexity index is 1170. The summed E-state index contributed by atoms with van der Waals surface area (Å²) in [7, 11) is -2.74. The summed E-state index contributed by atoms with van der Waals surface area (Å²) in [5.74, 6) is -2.01. The van der Waals surface area contributed by atoms with Crippen LogP contribution < -0.4 is 5.32 Å². The molecule has 1 fully saturated rings. The van der Waals surface area contributed by atoms with Crippen LogP contribution in [-0.4, -0.2) is 52.1 Å². The molecular formula is C20H21F3N4O5S. The fraction of sp³-hybridized carbons (Fsp3) is 0.350. The maximum absolute atomic E-state index is 13.1. The maximum Gasteiger partial charge on any atom is 0.435 e. The van der Waals surface area contributed by atoms with E-state index in [-0.39, 0.29) is 22.8 Å². The third-order valence-electron chi connectivity index (χ3n) is 5.08. The van der Waals surface area contributed by atoms with Crippen molar-refractivity contribution in [3.05, 3.63) is 53.9 Å². The van der Waals surface area contributed by atoms with E-state index in [1.807, 2.05) is 0 Å². The normalized spacial score (nSPS) is 17.9. The van der Waals surface area contributed by atoms with E-state index in [9.17, 15) is 31.2 Å². The van der Waals surface area contributed by atoms with Gasteiger partial charge < -0.3 is 10.4 Å². The van der Waals surface area contributed by atoms with Gasteiger partial charge in [-0.05, 0) is 37.1 Å². The highest BCUT2D eigenvalue weighted by Gasteiger charge is 2.35. The van der Waals surface area contributed by atoms with E-state index >= 15 is 0 Å². The van der Waals surface area contributed by atoms with Crippen molar-refractivity contribution in [3.63, 3.8) is 0 Å². The van der Waals surface area contributed by atoms with Gasteiger partial charge in [0.25, 0.3) is 5.91 Å². The number of rotatable bonds is 6. The van der Waals surface area contributed by atoms with Gasteiger partial charge in [-0.1, -0.05) is 12.5 Å². The van der Waals surface area contributed by atoms with Crippen molar-refractivity contribution in [2.45, 2.75) is 36.4 Å². The molecule has 3 rings (SSSR count). The zero-order valence-corrected chi connectivity index (χ0v) is 18.2. The molecule has 1 aromatic heterocycles. The molecule has 9 nitrogen and oxygen atoms in total. The molecular weight excluding hydrogens is 465 g/mol. The quantitative estimate of drug-likeness (QED) is 0.606. The molecule has 0 aliphatic carbocycles. The second kappa shape index (κ2) is 9.35. The number of anilines is 1. The third-order valence-corrected chi connectivity index (χ3v) is 7.02.